The van der Waals surface area contributed by atoms with Crippen LogP contribution in [0.5, 0.6) is 5.75 Å². The highest BCUT2D eigenvalue weighted by Crippen LogP contribution is 2.22. The maximum atomic E-state index is 12.5. The zero-order chi connectivity index (χ0) is 19.1. The molecule has 3 rings (SSSR count). The van der Waals surface area contributed by atoms with Crippen LogP contribution in [0.15, 0.2) is 72.1 Å². The highest BCUT2D eigenvalue weighted by molar-refractivity contribution is 7.10. The van der Waals surface area contributed by atoms with Crippen molar-refractivity contribution in [2.75, 3.05) is 20.6 Å². The number of nitrogens with zero attached hydrogens (tertiary/aromatic N) is 1. The van der Waals surface area contributed by atoms with Gasteiger partial charge in [-0.1, -0.05) is 36.4 Å². The fourth-order valence-electron chi connectivity index (χ4n) is 2.75. The van der Waals surface area contributed by atoms with E-state index in [0.717, 1.165) is 11.3 Å². The second kappa shape index (κ2) is 9.35. The van der Waals surface area contributed by atoms with Crippen molar-refractivity contribution in [1.82, 2.24) is 10.2 Å². The van der Waals surface area contributed by atoms with E-state index >= 15 is 0 Å². The Bertz CT molecular complexity index is 831. The number of thiophene rings is 1. The first-order chi connectivity index (χ1) is 13.1. The van der Waals surface area contributed by atoms with E-state index in [9.17, 15) is 4.79 Å². The average molecular weight is 381 g/mol. The van der Waals surface area contributed by atoms with Gasteiger partial charge in [0.2, 0.25) is 0 Å². The lowest BCUT2D eigenvalue weighted by atomic mass is 10.1. The minimum Gasteiger partial charge on any atom is -0.489 e. The second-order valence-electron chi connectivity index (χ2n) is 6.50. The maximum absolute atomic E-state index is 12.5. The Kier molecular flexibility index (Phi) is 6.63. The molecule has 140 valence electrons. The number of para-hydroxylation sites is 1. The third-order valence-electron chi connectivity index (χ3n) is 4.32. The summed E-state index contributed by atoms with van der Waals surface area (Å²) in [5.74, 6) is 0.775. The molecule has 27 heavy (non-hydrogen) atoms. The van der Waals surface area contributed by atoms with E-state index in [1.54, 1.807) is 11.3 Å². The van der Waals surface area contributed by atoms with Crippen LogP contribution in [0.25, 0.3) is 0 Å². The number of amides is 1. The van der Waals surface area contributed by atoms with Crippen molar-refractivity contribution in [2.24, 2.45) is 0 Å². The number of carbonyl (C=O) groups excluding carboxylic acids is 1. The third-order valence-corrected chi connectivity index (χ3v) is 5.29. The van der Waals surface area contributed by atoms with Gasteiger partial charge < -0.3 is 15.0 Å². The smallest absolute Gasteiger partial charge is 0.251 e. The lowest BCUT2D eigenvalue weighted by molar-refractivity contribution is 0.0942. The number of rotatable bonds is 8. The molecule has 0 fully saturated rings. The largest absolute Gasteiger partial charge is 0.489 e. The fourth-order valence-corrected chi connectivity index (χ4v) is 3.67. The van der Waals surface area contributed by atoms with Crippen LogP contribution < -0.4 is 10.1 Å². The Morgan fingerprint density at radius 2 is 1.78 bits per heavy atom. The van der Waals surface area contributed by atoms with Crippen molar-refractivity contribution in [3.8, 4) is 5.75 Å². The van der Waals surface area contributed by atoms with Crippen LogP contribution >= 0.6 is 11.3 Å². The number of hydrogen-bond acceptors (Lipinski definition) is 4. The number of hydrogen-bond donors (Lipinski definition) is 1. The number of nitrogens with one attached hydrogen (secondary N) is 1. The van der Waals surface area contributed by atoms with Crippen molar-refractivity contribution in [2.45, 2.75) is 12.6 Å². The molecular formula is C22H24N2O2S. The molecule has 1 atom stereocenters. The van der Waals surface area contributed by atoms with Gasteiger partial charge in [-0.3, -0.25) is 4.79 Å². The zero-order valence-electron chi connectivity index (χ0n) is 15.6. The molecule has 1 heterocycles. The Labute approximate surface area is 164 Å². The first kappa shape index (κ1) is 19.1. The van der Waals surface area contributed by atoms with Crippen LogP contribution in [-0.2, 0) is 6.61 Å². The van der Waals surface area contributed by atoms with Crippen LogP contribution in [0.3, 0.4) is 0 Å². The summed E-state index contributed by atoms with van der Waals surface area (Å²) in [6.07, 6.45) is 0. The summed E-state index contributed by atoms with van der Waals surface area (Å²) >= 11 is 1.71. The second-order valence-corrected chi connectivity index (χ2v) is 7.48. The molecule has 2 aromatic carbocycles. The molecule has 5 heteroatoms. The van der Waals surface area contributed by atoms with Gasteiger partial charge in [0.25, 0.3) is 5.91 Å². The van der Waals surface area contributed by atoms with Crippen molar-refractivity contribution >= 4 is 17.2 Å². The topological polar surface area (TPSA) is 41.6 Å². The lowest BCUT2D eigenvalue weighted by Gasteiger charge is -2.23. The van der Waals surface area contributed by atoms with E-state index in [0.29, 0.717) is 18.7 Å². The molecule has 1 amide bonds. The van der Waals surface area contributed by atoms with E-state index in [1.807, 2.05) is 74.8 Å². The van der Waals surface area contributed by atoms with Crippen LogP contribution in [0.2, 0.25) is 0 Å². The predicted octanol–water partition coefficient (Wildman–Crippen LogP) is 4.36. The summed E-state index contributed by atoms with van der Waals surface area (Å²) in [6, 6.07) is 21.6. The Morgan fingerprint density at radius 3 is 2.41 bits per heavy atom. The van der Waals surface area contributed by atoms with E-state index < -0.39 is 0 Å². The molecule has 0 spiro atoms. The minimum atomic E-state index is -0.0612. The van der Waals surface area contributed by atoms with Gasteiger partial charge in [-0.15, -0.1) is 11.3 Å². The van der Waals surface area contributed by atoms with Gasteiger partial charge in [0.05, 0.1) is 6.04 Å². The average Bonchev–Trinajstić information content (AvgIpc) is 3.22. The molecule has 1 aromatic heterocycles. The summed E-state index contributed by atoms with van der Waals surface area (Å²) in [6.45, 7) is 1.05. The van der Waals surface area contributed by atoms with Gasteiger partial charge >= 0.3 is 0 Å². The summed E-state index contributed by atoms with van der Waals surface area (Å²) in [5, 5.41) is 5.10. The normalized spacial score (nSPS) is 12.0. The van der Waals surface area contributed by atoms with E-state index in [4.69, 9.17) is 4.74 Å². The molecule has 0 saturated carbocycles. The SMILES string of the molecule is CN(C)[C@@H](CNC(=O)c1ccc(COc2ccccc2)cc1)c1cccs1. The van der Waals surface area contributed by atoms with Gasteiger partial charge in [0.15, 0.2) is 0 Å². The van der Waals surface area contributed by atoms with Gasteiger partial charge in [-0.25, -0.2) is 0 Å². The zero-order valence-corrected chi connectivity index (χ0v) is 16.4. The van der Waals surface area contributed by atoms with Crippen molar-refractivity contribution in [3.05, 3.63) is 88.1 Å². The van der Waals surface area contributed by atoms with Crippen molar-refractivity contribution in [3.63, 3.8) is 0 Å². The summed E-state index contributed by atoms with van der Waals surface area (Å²) in [7, 11) is 4.05. The molecule has 3 aromatic rings. The molecule has 1 N–H and O–H groups in total. The first-order valence-electron chi connectivity index (χ1n) is 8.88. The fraction of sp³-hybridized carbons (Fsp3) is 0.227. The standard InChI is InChI=1S/C22H24N2O2S/c1-24(2)20(21-9-6-14-27-21)15-23-22(25)18-12-10-17(11-13-18)16-26-19-7-4-3-5-8-19/h3-14,20H,15-16H2,1-2H3,(H,23,25)/t20-/m0/s1. The van der Waals surface area contributed by atoms with Crippen molar-refractivity contribution < 1.29 is 9.53 Å². The van der Waals surface area contributed by atoms with Crippen molar-refractivity contribution in [1.29, 1.82) is 0 Å². The molecule has 4 nitrogen and oxygen atoms in total. The van der Waals surface area contributed by atoms with Crippen LogP contribution in [0, 0.1) is 0 Å². The maximum Gasteiger partial charge on any atom is 0.251 e. The highest BCUT2D eigenvalue weighted by Gasteiger charge is 2.16. The number of carbonyl (C=O) groups is 1. The molecular weight excluding hydrogens is 356 g/mol. The summed E-state index contributed by atoms with van der Waals surface area (Å²) < 4.78 is 5.73. The summed E-state index contributed by atoms with van der Waals surface area (Å²) in [5.41, 5.74) is 1.68. The van der Waals surface area contributed by atoms with E-state index in [1.165, 1.54) is 4.88 Å². The quantitative estimate of drug-likeness (QED) is 0.631. The van der Waals surface area contributed by atoms with E-state index in [2.05, 4.69) is 21.7 Å². The molecule has 0 aliphatic carbocycles. The minimum absolute atomic E-state index is 0.0612. The summed E-state index contributed by atoms with van der Waals surface area (Å²) in [4.78, 5) is 15.8. The molecule has 0 bridgehead atoms. The number of benzene rings is 2. The molecule has 0 saturated heterocycles. The first-order valence-corrected chi connectivity index (χ1v) is 9.76. The van der Waals surface area contributed by atoms with Gasteiger partial charge in [-0.05, 0) is 55.4 Å². The third kappa shape index (κ3) is 5.42. The van der Waals surface area contributed by atoms with Gasteiger partial charge in [0, 0.05) is 17.0 Å². The monoisotopic (exact) mass is 380 g/mol. The van der Waals surface area contributed by atoms with Crippen LogP contribution in [0.1, 0.15) is 26.8 Å². The van der Waals surface area contributed by atoms with E-state index in [-0.39, 0.29) is 11.9 Å². The van der Waals surface area contributed by atoms with Crippen LogP contribution in [-0.4, -0.2) is 31.4 Å². The van der Waals surface area contributed by atoms with Gasteiger partial charge in [0.1, 0.15) is 12.4 Å². The Morgan fingerprint density at radius 1 is 1.04 bits per heavy atom. The lowest BCUT2D eigenvalue weighted by Crippen LogP contribution is -2.34. The molecule has 0 aliphatic heterocycles. The van der Waals surface area contributed by atoms with Crippen LogP contribution in [0.4, 0.5) is 0 Å². The predicted molar refractivity (Wildman–Crippen MR) is 110 cm³/mol. The molecule has 0 radical (unpaired) electrons. The Hall–Kier alpha value is -2.63. The molecule has 0 unspecified atom stereocenters. The Balaban J connectivity index is 1.54. The van der Waals surface area contributed by atoms with Gasteiger partial charge in [-0.2, -0.15) is 0 Å². The number of ether oxygens (including phenoxy) is 1. The highest BCUT2D eigenvalue weighted by atomic mass is 32.1. The molecule has 0 aliphatic rings. The number of likely N-dealkylation sites (N-methyl/N-ethyl adjacent to an activating group) is 1.